The summed E-state index contributed by atoms with van der Waals surface area (Å²) in [5, 5.41) is 2.80. The predicted octanol–water partition coefficient (Wildman–Crippen LogP) is 2.51. The van der Waals surface area contributed by atoms with E-state index in [2.05, 4.69) is 5.32 Å². The molecule has 1 heterocycles. The number of carbonyl (C=O) groups is 1. The number of likely N-dealkylation sites (tertiary alicyclic amines) is 1. The van der Waals surface area contributed by atoms with E-state index in [4.69, 9.17) is 9.47 Å². The van der Waals surface area contributed by atoms with Crippen molar-refractivity contribution in [1.29, 1.82) is 0 Å². The minimum Gasteiger partial charge on any atom is -0.497 e. The molecule has 0 bridgehead atoms. The van der Waals surface area contributed by atoms with Gasteiger partial charge in [-0.15, -0.1) is 0 Å². The number of benzene rings is 2. The van der Waals surface area contributed by atoms with Gasteiger partial charge in [0.25, 0.3) is 5.91 Å². The number of halogens is 1. The quantitative estimate of drug-likeness (QED) is 0.818. The monoisotopic (exact) mass is 373 g/mol. The molecule has 27 heavy (non-hydrogen) atoms. The molecule has 5 nitrogen and oxygen atoms in total. The molecule has 144 valence electrons. The van der Waals surface area contributed by atoms with Crippen molar-refractivity contribution in [3.63, 3.8) is 0 Å². The van der Waals surface area contributed by atoms with Crippen molar-refractivity contribution >= 4 is 11.6 Å². The molecule has 2 N–H and O–H groups in total. The first kappa shape index (κ1) is 19.2. The molecule has 6 heteroatoms. The first-order chi connectivity index (χ1) is 13.0. The molecule has 2 aromatic carbocycles. The van der Waals surface area contributed by atoms with E-state index in [0.29, 0.717) is 17.8 Å². The molecule has 3 rings (SSSR count). The molecule has 1 fully saturated rings. The van der Waals surface area contributed by atoms with Crippen LogP contribution in [-0.2, 0) is 4.79 Å². The van der Waals surface area contributed by atoms with Gasteiger partial charge in [-0.1, -0.05) is 6.07 Å². The van der Waals surface area contributed by atoms with Crippen LogP contribution in [0.4, 0.5) is 10.1 Å². The smallest absolute Gasteiger partial charge is 0.279 e. The summed E-state index contributed by atoms with van der Waals surface area (Å²) < 4.78 is 24.6. The molecule has 2 aromatic rings. The lowest BCUT2D eigenvalue weighted by atomic mass is 10.0. The minimum absolute atomic E-state index is 0.123. The Bertz CT molecular complexity index is 825. The van der Waals surface area contributed by atoms with Crippen LogP contribution in [0.3, 0.4) is 0 Å². The van der Waals surface area contributed by atoms with Gasteiger partial charge in [0.15, 0.2) is 6.54 Å². The lowest BCUT2D eigenvalue weighted by Gasteiger charge is -2.23. The van der Waals surface area contributed by atoms with Crippen LogP contribution in [0.1, 0.15) is 30.0 Å². The Kier molecular flexibility index (Phi) is 5.96. The second-order valence-corrected chi connectivity index (χ2v) is 6.90. The van der Waals surface area contributed by atoms with Crippen LogP contribution >= 0.6 is 0 Å². The van der Waals surface area contributed by atoms with Crippen LogP contribution in [0, 0.1) is 12.7 Å². The third kappa shape index (κ3) is 4.39. The summed E-state index contributed by atoms with van der Waals surface area (Å²) in [6, 6.07) is 10.7. The highest BCUT2D eigenvalue weighted by Crippen LogP contribution is 2.31. The number of aryl methyl sites for hydroxylation is 1. The van der Waals surface area contributed by atoms with Gasteiger partial charge in [-0.3, -0.25) is 4.79 Å². The number of hydrogen-bond donors (Lipinski definition) is 2. The Morgan fingerprint density at radius 2 is 2.04 bits per heavy atom. The number of hydrogen-bond acceptors (Lipinski definition) is 3. The maximum Gasteiger partial charge on any atom is 0.279 e. The van der Waals surface area contributed by atoms with Gasteiger partial charge in [0.2, 0.25) is 0 Å². The summed E-state index contributed by atoms with van der Waals surface area (Å²) in [5.74, 6) is 1.14. The molecular weight excluding hydrogens is 347 g/mol. The average molecular weight is 373 g/mol. The Balaban J connectivity index is 1.73. The molecule has 0 aliphatic carbocycles. The Morgan fingerprint density at radius 3 is 2.74 bits per heavy atom. The molecule has 1 aliphatic heterocycles. The zero-order chi connectivity index (χ0) is 19.4. The van der Waals surface area contributed by atoms with Gasteiger partial charge in [0.1, 0.15) is 23.4 Å². The molecule has 0 aromatic heterocycles. The van der Waals surface area contributed by atoms with Gasteiger partial charge in [-0.2, -0.15) is 0 Å². The number of carbonyl (C=O) groups excluding carboxylic acids is 1. The molecule has 2 atom stereocenters. The van der Waals surface area contributed by atoms with Gasteiger partial charge in [0, 0.05) is 18.5 Å². The van der Waals surface area contributed by atoms with Crippen molar-refractivity contribution in [2.75, 3.05) is 32.6 Å². The topological polar surface area (TPSA) is 52.0 Å². The van der Waals surface area contributed by atoms with Gasteiger partial charge < -0.3 is 19.7 Å². The van der Waals surface area contributed by atoms with Crippen molar-refractivity contribution in [1.82, 2.24) is 0 Å². The summed E-state index contributed by atoms with van der Waals surface area (Å²) in [6.45, 7) is 2.92. The van der Waals surface area contributed by atoms with Crippen molar-refractivity contribution in [2.45, 2.75) is 25.8 Å². The summed E-state index contributed by atoms with van der Waals surface area (Å²) in [4.78, 5) is 13.7. The number of ether oxygens (including phenoxy) is 2. The van der Waals surface area contributed by atoms with E-state index in [-0.39, 0.29) is 17.8 Å². The van der Waals surface area contributed by atoms with E-state index < -0.39 is 0 Å². The minimum atomic E-state index is -0.319. The van der Waals surface area contributed by atoms with E-state index in [1.165, 1.54) is 11.0 Å². The molecule has 1 aliphatic rings. The van der Waals surface area contributed by atoms with Crippen LogP contribution in [-0.4, -0.2) is 33.2 Å². The normalized spacial score (nSPS) is 19.0. The van der Waals surface area contributed by atoms with Gasteiger partial charge in [-0.05, 0) is 42.8 Å². The largest absolute Gasteiger partial charge is 0.497 e. The number of nitrogens with one attached hydrogen (secondary N) is 2. The van der Waals surface area contributed by atoms with Crippen LogP contribution in [0.15, 0.2) is 36.4 Å². The van der Waals surface area contributed by atoms with Crippen molar-refractivity contribution < 1.29 is 23.6 Å². The Labute approximate surface area is 159 Å². The molecule has 1 amide bonds. The summed E-state index contributed by atoms with van der Waals surface area (Å²) >= 11 is 0. The third-order valence-electron chi connectivity index (χ3n) is 5.14. The number of rotatable bonds is 6. The highest BCUT2D eigenvalue weighted by atomic mass is 19.1. The fourth-order valence-electron chi connectivity index (χ4n) is 3.69. The fraction of sp³-hybridized carbons (Fsp3) is 0.381. The standard InChI is InChI=1S/C21H25FN2O3/c1-14-6-7-15(11-18(14)22)23-21(25)13-24-10-4-5-19(24)17-12-16(26-2)8-9-20(17)27-3/h6-9,11-12,19H,4-5,10,13H2,1-3H3,(H,23,25)/p+1/t19-/m0/s1. The number of quaternary nitrogens is 1. The second-order valence-electron chi connectivity index (χ2n) is 6.90. The summed E-state index contributed by atoms with van der Waals surface area (Å²) in [6.07, 6.45) is 2.01. The number of anilines is 1. The predicted molar refractivity (Wildman–Crippen MR) is 102 cm³/mol. The summed E-state index contributed by atoms with van der Waals surface area (Å²) in [5.41, 5.74) is 2.10. The molecule has 0 saturated carbocycles. The Morgan fingerprint density at radius 1 is 1.22 bits per heavy atom. The molecule has 0 spiro atoms. The van der Waals surface area contributed by atoms with E-state index in [0.717, 1.165) is 36.4 Å². The van der Waals surface area contributed by atoms with Crippen LogP contribution in [0.5, 0.6) is 11.5 Å². The molecule has 1 saturated heterocycles. The average Bonchev–Trinajstić information content (AvgIpc) is 3.11. The van der Waals surface area contributed by atoms with Crippen molar-refractivity contribution in [3.8, 4) is 11.5 Å². The van der Waals surface area contributed by atoms with Crippen LogP contribution < -0.4 is 19.7 Å². The molecule has 1 unspecified atom stereocenters. The third-order valence-corrected chi connectivity index (χ3v) is 5.14. The van der Waals surface area contributed by atoms with Gasteiger partial charge >= 0.3 is 0 Å². The first-order valence-corrected chi connectivity index (χ1v) is 9.14. The fourth-order valence-corrected chi connectivity index (χ4v) is 3.69. The van der Waals surface area contributed by atoms with E-state index in [1.54, 1.807) is 33.3 Å². The summed E-state index contributed by atoms with van der Waals surface area (Å²) in [7, 11) is 3.29. The van der Waals surface area contributed by atoms with E-state index in [9.17, 15) is 9.18 Å². The molecular formula is C21H26FN2O3+. The highest BCUT2D eigenvalue weighted by molar-refractivity contribution is 5.91. The number of methoxy groups -OCH3 is 2. The highest BCUT2D eigenvalue weighted by Gasteiger charge is 2.34. The van der Waals surface area contributed by atoms with Crippen molar-refractivity contribution in [2.24, 2.45) is 0 Å². The number of amides is 1. The SMILES string of the molecule is COc1ccc(OC)c([C@@H]2CCC[NH+]2CC(=O)Nc2ccc(C)c(F)c2)c1. The second kappa shape index (κ2) is 8.39. The Hall–Kier alpha value is -2.60. The maximum absolute atomic E-state index is 13.7. The zero-order valence-corrected chi connectivity index (χ0v) is 16.0. The molecule has 0 radical (unpaired) electrons. The zero-order valence-electron chi connectivity index (χ0n) is 16.0. The van der Waals surface area contributed by atoms with Gasteiger partial charge in [-0.25, -0.2) is 4.39 Å². The van der Waals surface area contributed by atoms with E-state index >= 15 is 0 Å². The lowest BCUT2D eigenvalue weighted by Crippen LogP contribution is -3.11. The van der Waals surface area contributed by atoms with Gasteiger partial charge in [0.05, 0.1) is 26.3 Å². The maximum atomic E-state index is 13.7. The van der Waals surface area contributed by atoms with E-state index in [1.807, 2.05) is 18.2 Å². The van der Waals surface area contributed by atoms with Crippen LogP contribution in [0.25, 0.3) is 0 Å². The van der Waals surface area contributed by atoms with Crippen molar-refractivity contribution in [3.05, 3.63) is 53.3 Å². The lowest BCUT2D eigenvalue weighted by molar-refractivity contribution is -0.910. The van der Waals surface area contributed by atoms with Crippen LogP contribution in [0.2, 0.25) is 0 Å². The first-order valence-electron chi connectivity index (χ1n) is 9.14.